The summed E-state index contributed by atoms with van der Waals surface area (Å²) >= 11 is 6.29. The highest BCUT2D eigenvalue weighted by Crippen LogP contribution is 2.32. The molecule has 3 rings (SSSR count). The molecule has 1 atom stereocenters. The lowest BCUT2D eigenvalue weighted by molar-refractivity contribution is 0.246. The van der Waals surface area contributed by atoms with Crippen molar-refractivity contribution >= 4 is 17.6 Å². The van der Waals surface area contributed by atoms with Crippen molar-refractivity contribution in [3.05, 3.63) is 34.6 Å². The standard InChI is InChI=1S/C18H26ClFN4/c19-14-7-4-8-15(20)17(14)16(24-9-1-2-10-24)12-23-18(21)22-11-13-5-3-6-13/h4,7-8,13,16H,1-3,5-6,9-12H2,(H3,21,22,23). The van der Waals surface area contributed by atoms with Gasteiger partial charge in [0, 0.05) is 17.1 Å². The van der Waals surface area contributed by atoms with Gasteiger partial charge in [-0.15, -0.1) is 0 Å². The molecule has 1 aromatic carbocycles. The fourth-order valence-electron chi connectivity index (χ4n) is 3.46. The Labute approximate surface area is 148 Å². The van der Waals surface area contributed by atoms with Crippen molar-refractivity contribution in [2.75, 3.05) is 26.2 Å². The van der Waals surface area contributed by atoms with Crippen molar-refractivity contribution in [3.8, 4) is 0 Å². The first-order valence-electron chi connectivity index (χ1n) is 8.87. The lowest BCUT2D eigenvalue weighted by Crippen LogP contribution is -2.38. The Balaban J connectivity index is 1.70. The van der Waals surface area contributed by atoms with Gasteiger partial charge in [-0.1, -0.05) is 24.1 Å². The summed E-state index contributed by atoms with van der Waals surface area (Å²) in [7, 11) is 0. The van der Waals surface area contributed by atoms with Crippen molar-refractivity contribution in [1.29, 1.82) is 0 Å². The van der Waals surface area contributed by atoms with Gasteiger partial charge in [0.15, 0.2) is 5.96 Å². The van der Waals surface area contributed by atoms with E-state index in [9.17, 15) is 4.39 Å². The molecule has 24 heavy (non-hydrogen) atoms. The Hall–Kier alpha value is -1.33. The Bertz CT molecular complexity index is 562. The number of aliphatic imine (C=N–C) groups is 1. The molecule has 2 aliphatic rings. The number of nitrogens with zero attached hydrogens (tertiary/aromatic N) is 2. The summed E-state index contributed by atoms with van der Waals surface area (Å²) in [6.45, 7) is 3.19. The van der Waals surface area contributed by atoms with Crippen molar-refractivity contribution in [2.45, 2.75) is 38.1 Å². The average Bonchev–Trinajstić information content (AvgIpc) is 3.02. The van der Waals surface area contributed by atoms with Gasteiger partial charge in [-0.3, -0.25) is 9.89 Å². The molecular weight excluding hydrogens is 327 g/mol. The minimum Gasteiger partial charge on any atom is -0.370 e. The predicted octanol–water partition coefficient (Wildman–Crippen LogP) is 3.32. The zero-order chi connectivity index (χ0) is 16.9. The number of hydrogen-bond donors (Lipinski definition) is 2. The second kappa shape index (κ2) is 8.17. The number of nitrogens with one attached hydrogen (secondary N) is 1. The van der Waals surface area contributed by atoms with Crippen LogP contribution >= 0.6 is 11.6 Å². The molecule has 6 heteroatoms. The number of guanidine groups is 1. The lowest BCUT2D eigenvalue weighted by Gasteiger charge is -2.28. The van der Waals surface area contributed by atoms with Gasteiger partial charge in [0.2, 0.25) is 0 Å². The van der Waals surface area contributed by atoms with Crippen LogP contribution in [0, 0.1) is 11.7 Å². The van der Waals surface area contributed by atoms with E-state index < -0.39 is 0 Å². The van der Waals surface area contributed by atoms with Crippen LogP contribution < -0.4 is 11.1 Å². The van der Waals surface area contributed by atoms with Crippen molar-refractivity contribution in [2.24, 2.45) is 16.6 Å². The van der Waals surface area contributed by atoms with Gasteiger partial charge in [0.05, 0.1) is 12.6 Å². The number of hydrogen-bond acceptors (Lipinski definition) is 2. The van der Waals surface area contributed by atoms with Crippen LogP contribution in [0.25, 0.3) is 0 Å². The van der Waals surface area contributed by atoms with E-state index in [2.05, 4.69) is 15.2 Å². The van der Waals surface area contributed by atoms with Crippen molar-refractivity contribution in [3.63, 3.8) is 0 Å². The highest BCUT2D eigenvalue weighted by Gasteiger charge is 2.27. The second-order valence-corrected chi connectivity index (χ2v) is 7.21. The van der Waals surface area contributed by atoms with Gasteiger partial charge in [-0.25, -0.2) is 4.39 Å². The minimum absolute atomic E-state index is 0.162. The quantitative estimate of drug-likeness (QED) is 0.610. The Kier molecular flexibility index (Phi) is 5.95. The maximum Gasteiger partial charge on any atom is 0.188 e. The Morgan fingerprint density at radius 3 is 2.71 bits per heavy atom. The average molecular weight is 353 g/mol. The molecule has 0 amide bonds. The summed E-state index contributed by atoms with van der Waals surface area (Å²) in [5.41, 5.74) is 6.53. The fraction of sp³-hybridized carbons (Fsp3) is 0.611. The van der Waals surface area contributed by atoms with Crippen LogP contribution in [0.15, 0.2) is 23.2 Å². The summed E-state index contributed by atoms with van der Waals surface area (Å²) in [4.78, 5) is 6.73. The van der Waals surface area contributed by atoms with Crippen LogP contribution in [0.1, 0.15) is 43.7 Å². The van der Waals surface area contributed by atoms with E-state index in [0.717, 1.165) is 32.5 Å². The third kappa shape index (κ3) is 4.19. The zero-order valence-corrected chi connectivity index (χ0v) is 14.7. The van der Waals surface area contributed by atoms with Gasteiger partial charge in [0.1, 0.15) is 5.82 Å². The second-order valence-electron chi connectivity index (χ2n) is 6.80. The molecule has 1 aromatic rings. The van der Waals surface area contributed by atoms with Crippen LogP contribution in [-0.4, -0.2) is 37.0 Å². The third-order valence-corrected chi connectivity index (χ3v) is 5.48. The molecule has 1 unspecified atom stereocenters. The van der Waals surface area contributed by atoms with Crippen LogP contribution in [0.3, 0.4) is 0 Å². The Morgan fingerprint density at radius 2 is 2.08 bits per heavy atom. The summed E-state index contributed by atoms with van der Waals surface area (Å²) in [6.07, 6.45) is 6.10. The largest absolute Gasteiger partial charge is 0.370 e. The summed E-state index contributed by atoms with van der Waals surface area (Å²) < 4.78 is 14.4. The first-order valence-corrected chi connectivity index (χ1v) is 9.24. The smallest absolute Gasteiger partial charge is 0.188 e. The first-order chi connectivity index (χ1) is 11.6. The molecule has 0 spiro atoms. The summed E-state index contributed by atoms with van der Waals surface area (Å²) in [6, 6.07) is 4.68. The van der Waals surface area contributed by atoms with Gasteiger partial charge < -0.3 is 11.1 Å². The maximum absolute atomic E-state index is 14.4. The van der Waals surface area contributed by atoms with E-state index in [4.69, 9.17) is 17.3 Å². The van der Waals surface area contributed by atoms with Gasteiger partial charge in [-0.2, -0.15) is 0 Å². The molecule has 0 aromatic heterocycles. The monoisotopic (exact) mass is 352 g/mol. The fourth-order valence-corrected chi connectivity index (χ4v) is 3.75. The van der Waals surface area contributed by atoms with Crippen LogP contribution in [0.4, 0.5) is 4.39 Å². The molecule has 1 saturated heterocycles. The van der Waals surface area contributed by atoms with E-state index >= 15 is 0 Å². The zero-order valence-electron chi connectivity index (χ0n) is 14.0. The number of rotatable bonds is 6. The van der Waals surface area contributed by atoms with E-state index in [1.54, 1.807) is 12.1 Å². The van der Waals surface area contributed by atoms with Gasteiger partial charge >= 0.3 is 0 Å². The minimum atomic E-state index is -0.268. The third-order valence-electron chi connectivity index (χ3n) is 5.15. The van der Waals surface area contributed by atoms with Crippen molar-refractivity contribution in [1.82, 2.24) is 10.2 Å². The normalized spacial score (nSPS) is 20.8. The highest BCUT2D eigenvalue weighted by molar-refractivity contribution is 6.31. The first kappa shape index (κ1) is 17.5. The molecular formula is C18H26ClFN4. The van der Waals surface area contributed by atoms with E-state index in [1.165, 1.54) is 25.3 Å². The molecule has 1 saturated carbocycles. The lowest BCUT2D eigenvalue weighted by atomic mass is 9.85. The molecule has 0 bridgehead atoms. The molecule has 3 N–H and O–H groups in total. The molecule has 132 valence electrons. The number of likely N-dealkylation sites (tertiary alicyclic amines) is 1. The molecule has 1 aliphatic heterocycles. The SMILES string of the molecule is NC(=NCC(c1c(F)cccc1Cl)N1CCCC1)NCC1CCC1. The topological polar surface area (TPSA) is 53.6 Å². The highest BCUT2D eigenvalue weighted by atomic mass is 35.5. The van der Waals surface area contributed by atoms with Gasteiger partial charge in [-0.05, 0) is 56.8 Å². The number of benzene rings is 1. The summed E-state index contributed by atoms with van der Waals surface area (Å²) in [5.74, 6) is 0.892. The molecule has 1 aliphatic carbocycles. The van der Waals surface area contributed by atoms with Crippen LogP contribution in [0.2, 0.25) is 5.02 Å². The van der Waals surface area contributed by atoms with Gasteiger partial charge in [0.25, 0.3) is 0 Å². The molecule has 4 nitrogen and oxygen atoms in total. The van der Waals surface area contributed by atoms with Crippen molar-refractivity contribution < 1.29 is 4.39 Å². The molecule has 0 radical (unpaired) electrons. The van der Waals surface area contributed by atoms with Crippen LogP contribution in [-0.2, 0) is 0 Å². The maximum atomic E-state index is 14.4. The number of halogens is 2. The molecule has 1 heterocycles. The van der Waals surface area contributed by atoms with E-state index in [1.807, 2.05) is 0 Å². The van der Waals surface area contributed by atoms with E-state index in [0.29, 0.717) is 29.0 Å². The molecule has 2 fully saturated rings. The summed E-state index contributed by atoms with van der Waals surface area (Å²) in [5, 5.41) is 3.65. The Morgan fingerprint density at radius 1 is 1.33 bits per heavy atom. The number of nitrogens with two attached hydrogens (primary N) is 1. The van der Waals surface area contributed by atoms with Crippen LogP contribution in [0.5, 0.6) is 0 Å². The van der Waals surface area contributed by atoms with E-state index in [-0.39, 0.29) is 11.9 Å². The predicted molar refractivity (Wildman–Crippen MR) is 96.8 cm³/mol.